The molecule has 1 heterocycles. The van der Waals surface area contributed by atoms with Crippen LogP contribution in [0.2, 0.25) is 0 Å². The van der Waals surface area contributed by atoms with E-state index in [4.69, 9.17) is 0 Å². The van der Waals surface area contributed by atoms with Crippen molar-refractivity contribution in [3.05, 3.63) is 77.9 Å². The first-order chi connectivity index (χ1) is 15.1. The van der Waals surface area contributed by atoms with Crippen LogP contribution in [0.1, 0.15) is 42.1 Å². The molecular formula is C25H27N3O3. The van der Waals surface area contributed by atoms with Gasteiger partial charge in [-0.05, 0) is 43.0 Å². The van der Waals surface area contributed by atoms with Crippen LogP contribution in [-0.2, 0) is 16.1 Å². The summed E-state index contributed by atoms with van der Waals surface area (Å²) in [4.78, 5) is 40.7. The van der Waals surface area contributed by atoms with Crippen LogP contribution >= 0.6 is 0 Å². The van der Waals surface area contributed by atoms with Gasteiger partial charge in [0.2, 0.25) is 11.8 Å². The summed E-state index contributed by atoms with van der Waals surface area (Å²) in [6, 6.07) is 16.8. The topological polar surface area (TPSA) is 69.7 Å². The molecule has 6 nitrogen and oxygen atoms in total. The SMILES string of the molecule is CCCN(Cc1ccccc1)C(=O)c1cccc(N2NC(=O)C3CC=CCC3C2=O)c1. The molecule has 160 valence electrons. The molecule has 2 aromatic carbocycles. The van der Waals surface area contributed by atoms with Crippen molar-refractivity contribution in [3.63, 3.8) is 0 Å². The minimum atomic E-state index is -0.354. The maximum atomic E-state index is 13.3. The fourth-order valence-corrected chi connectivity index (χ4v) is 4.27. The molecule has 0 bridgehead atoms. The summed E-state index contributed by atoms with van der Waals surface area (Å²) >= 11 is 0. The molecule has 4 rings (SSSR count). The molecular weight excluding hydrogens is 390 g/mol. The lowest BCUT2D eigenvalue weighted by Gasteiger charge is -2.38. The summed E-state index contributed by atoms with van der Waals surface area (Å²) in [7, 11) is 0. The van der Waals surface area contributed by atoms with Crippen molar-refractivity contribution >= 4 is 23.4 Å². The summed E-state index contributed by atoms with van der Waals surface area (Å²) in [5.74, 6) is -1.05. The second-order valence-corrected chi connectivity index (χ2v) is 8.07. The largest absolute Gasteiger partial charge is 0.334 e. The van der Waals surface area contributed by atoms with E-state index < -0.39 is 0 Å². The van der Waals surface area contributed by atoms with Crippen LogP contribution in [0.3, 0.4) is 0 Å². The van der Waals surface area contributed by atoms with E-state index in [-0.39, 0.29) is 29.6 Å². The van der Waals surface area contributed by atoms with Crippen LogP contribution in [0.5, 0.6) is 0 Å². The number of allylic oxidation sites excluding steroid dienone is 2. The van der Waals surface area contributed by atoms with Gasteiger partial charge in [-0.1, -0.05) is 55.5 Å². The van der Waals surface area contributed by atoms with Gasteiger partial charge < -0.3 is 4.90 Å². The van der Waals surface area contributed by atoms with Gasteiger partial charge in [0.15, 0.2) is 0 Å². The number of amides is 3. The molecule has 1 aliphatic heterocycles. The van der Waals surface area contributed by atoms with Gasteiger partial charge in [-0.3, -0.25) is 19.8 Å². The van der Waals surface area contributed by atoms with Crippen molar-refractivity contribution < 1.29 is 14.4 Å². The fourth-order valence-electron chi connectivity index (χ4n) is 4.27. The van der Waals surface area contributed by atoms with E-state index in [1.54, 1.807) is 24.3 Å². The zero-order valence-electron chi connectivity index (χ0n) is 17.7. The standard InChI is InChI=1S/C25H27N3O3/c1-2-15-27(17-18-9-4-3-5-10-18)24(30)19-11-8-12-20(16-19)28-25(31)22-14-7-6-13-21(22)23(29)26-28/h3-12,16,21-22H,2,13-15,17H2,1H3,(H,26,29). The maximum Gasteiger partial charge on any atom is 0.254 e. The van der Waals surface area contributed by atoms with E-state index in [0.29, 0.717) is 37.2 Å². The van der Waals surface area contributed by atoms with E-state index in [1.165, 1.54) is 5.01 Å². The van der Waals surface area contributed by atoms with Crippen LogP contribution in [0.25, 0.3) is 0 Å². The number of hydrogen-bond acceptors (Lipinski definition) is 3. The number of nitrogens with one attached hydrogen (secondary N) is 1. The third-order valence-corrected chi connectivity index (χ3v) is 5.88. The highest BCUT2D eigenvalue weighted by Crippen LogP contribution is 2.32. The number of hydrogen-bond donors (Lipinski definition) is 1. The predicted octanol–water partition coefficient (Wildman–Crippen LogP) is 3.70. The maximum absolute atomic E-state index is 13.3. The third kappa shape index (κ3) is 4.38. The quantitative estimate of drug-likeness (QED) is 0.729. The lowest BCUT2D eigenvalue weighted by Crippen LogP contribution is -2.59. The number of nitrogens with zero attached hydrogens (tertiary/aromatic N) is 2. The molecule has 3 amide bonds. The number of hydrazine groups is 1. The van der Waals surface area contributed by atoms with Crippen molar-refractivity contribution in [1.29, 1.82) is 0 Å². The molecule has 31 heavy (non-hydrogen) atoms. The van der Waals surface area contributed by atoms with Crippen LogP contribution < -0.4 is 10.4 Å². The second-order valence-electron chi connectivity index (χ2n) is 8.07. The average Bonchev–Trinajstić information content (AvgIpc) is 2.81. The molecule has 0 radical (unpaired) electrons. The van der Waals surface area contributed by atoms with Crippen molar-refractivity contribution in [2.24, 2.45) is 11.8 Å². The molecule has 1 aliphatic carbocycles. The molecule has 1 fully saturated rings. The molecule has 0 saturated carbocycles. The Labute approximate surface area is 182 Å². The minimum Gasteiger partial charge on any atom is -0.334 e. The fraction of sp³-hybridized carbons (Fsp3) is 0.320. The lowest BCUT2D eigenvalue weighted by molar-refractivity contribution is -0.139. The van der Waals surface area contributed by atoms with E-state index in [1.807, 2.05) is 54.3 Å². The van der Waals surface area contributed by atoms with E-state index >= 15 is 0 Å². The van der Waals surface area contributed by atoms with Crippen molar-refractivity contribution in [2.75, 3.05) is 11.6 Å². The van der Waals surface area contributed by atoms with Crippen molar-refractivity contribution in [1.82, 2.24) is 10.3 Å². The molecule has 2 aromatic rings. The Morgan fingerprint density at radius 1 is 1.03 bits per heavy atom. The van der Waals surface area contributed by atoms with Crippen LogP contribution in [0.15, 0.2) is 66.7 Å². The van der Waals surface area contributed by atoms with Gasteiger partial charge in [0.1, 0.15) is 0 Å². The second kappa shape index (κ2) is 9.16. The first-order valence-electron chi connectivity index (χ1n) is 10.8. The molecule has 6 heteroatoms. The number of fused-ring (bicyclic) bond motifs is 1. The van der Waals surface area contributed by atoms with Gasteiger partial charge in [-0.25, -0.2) is 5.01 Å². The predicted molar refractivity (Wildman–Crippen MR) is 119 cm³/mol. The molecule has 0 spiro atoms. The Hall–Kier alpha value is -3.41. The van der Waals surface area contributed by atoms with E-state index in [2.05, 4.69) is 5.43 Å². The van der Waals surface area contributed by atoms with E-state index in [9.17, 15) is 14.4 Å². The number of rotatable bonds is 6. The highest BCUT2D eigenvalue weighted by atomic mass is 16.2. The normalized spacial score (nSPS) is 20.2. The van der Waals surface area contributed by atoms with Gasteiger partial charge >= 0.3 is 0 Å². The van der Waals surface area contributed by atoms with Gasteiger partial charge in [-0.15, -0.1) is 0 Å². The molecule has 2 aliphatic rings. The lowest BCUT2D eigenvalue weighted by atomic mass is 9.80. The molecule has 2 atom stereocenters. The Bertz CT molecular complexity index is 1000. The van der Waals surface area contributed by atoms with Crippen LogP contribution in [0.4, 0.5) is 5.69 Å². The zero-order chi connectivity index (χ0) is 21.8. The Morgan fingerprint density at radius 2 is 1.77 bits per heavy atom. The van der Waals surface area contributed by atoms with Gasteiger partial charge in [-0.2, -0.15) is 0 Å². The summed E-state index contributed by atoms with van der Waals surface area (Å²) in [5.41, 5.74) is 4.80. The van der Waals surface area contributed by atoms with E-state index in [0.717, 1.165) is 12.0 Å². The number of benzene rings is 2. The summed E-state index contributed by atoms with van der Waals surface area (Å²) in [6.07, 6.45) is 5.91. The summed E-state index contributed by atoms with van der Waals surface area (Å²) in [6.45, 7) is 3.19. The molecule has 2 unspecified atom stereocenters. The van der Waals surface area contributed by atoms with Crippen LogP contribution in [0, 0.1) is 11.8 Å². The van der Waals surface area contributed by atoms with Gasteiger partial charge in [0, 0.05) is 18.7 Å². The summed E-state index contributed by atoms with van der Waals surface area (Å²) in [5, 5.41) is 1.31. The highest BCUT2D eigenvalue weighted by Gasteiger charge is 2.42. The van der Waals surface area contributed by atoms with Gasteiger partial charge in [0.25, 0.3) is 5.91 Å². The number of anilines is 1. The molecule has 1 N–H and O–H groups in total. The highest BCUT2D eigenvalue weighted by molar-refractivity contribution is 6.05. The molecule has 1 saturated heterocycles. The Kier molecular flexibility index (Phi) is 6.16. The average molecular weight is 418 g/mol. The smallest absolute Gasteiger partial charge is 0.254 e. The Morgan fingerprint density at radius 3 is 2.52 bits per heavy atom. The van der Waals surface area contributed by atoms with Gasteiger partial charge in [0.05, 0.1) is 17.5 Å². The van der Waals surface area contributed by atoms with Crippen LogP contribution in [-0.4, -0.2) is 29.2 Å². The molecule has 0 aromatic heterocycles. The van der Waals surface area contributed by atoms with Crippen molar-refractivity contribution in [2.45, 2.75) is 32.7 Å². The number of carbonyl (C=O) groups excluding carboxylic acids is 3. The Balaban J connectivity index is 1.57. The zero-order valence-corrected chi connectivity index (χ0v) is 17.7. The minimum absolute atomic E-state index is 0.0955. The third-order valence-electron chi connectivity index (χ3n) is 5.88. The summed E-state index contributed by atoms with van der Waals surface area (Å²) < 4.78 is 0. The first kappa shape index (κ1) is 20.8. The monoisotopic (exact) mass is 417 g/mol. The number of carbonyl (C=O) groups is 3. The first-order valence-corrected chi connectivity index (χ1v) is 10.8. The van der Waals surface area contributed by atoms with Crippen molar-refractivity contribution in [3.8, 4) is 0 Å².